The minimum absolute atomic E-state index is 0.174. The maximum Gasteiger partial charge on any atom is 0.261 e. The van der Waals surface area contributed by atoms with E-state index in [1.165, 1.54) is 7.05 Å². The van der Waals surface area contributed by atoms with Gasteiger partial charge in [-0.15, -0.1) is 0 Å². The largest absolute Gasteiger partial charge is 0.284 e. The van der Waals surface area contributed by atoms with Crippen molar-refractivity contribution in [1.29, 1.82) is 0 Å². The second kappa shape index (κ2) is 4.40. The van der Waals surface area contributed by atoms with Crippen molar-refractivity contribution in [2.45, 2.75) is 12.1 Å². The number of halogens is 1. The van der Waals surface area contributed by atoms with E-state index < -0.39 is 12.0 Å². The normalized spacial score (nSPS) is 31.1. The minimum atomic E-state index is -0.684. The number of hydrogen-bond acceptors (Lipinski definition) is 4. The number of likely N-dealkylation sites (tertiary alicyclic amines) is 1. The van der Waals surface area contributed by atoms with Crippen molar-refractivity contribution in [3.8, 4) is 0 Å². The maximum absolute atomic E-state index is 12.2. The molecule has 1 aromatic rings. The first-order valence-corrected chi connectivity index (χ1v) is 6.76. The number of carbonyl (C=O) groups excluding carboxylic acids is 2. The molecule has 2 amide bonds. The van der Waals surface area contributed by atoms with Crippen molar-refractivity contribution in [2.75, 3.05) is 14.1 Å². The molecule has 19 heavy (non-hydrogen) atoms. The number of hydrogen-bond donors (Lipinski definition) is 0. The summed E-state index contributed by atoms with van der Waals surface area (Å²) in [6.07, 6.45) is -0.684. The number of benzene rings is 1. The lowest BCUT2D eigenvalue weighted by Gasteiger charge is -2.22. The van der Waals surface area contributed by atoms with E-state index in [9.17, 15) is 9.59 Å². The van der Waals surface area contributed by atoms with Crippen LogP contribution in [0.2, 0.25) is 0 Å². The van der Waals surface area contributed by atoms with Crippen LogP contribution >= 0.6 is 15.9 Å². The number of likely N-dealkylation sites (N-methyl/N-ethyl adjacent to an activating group) is 1. The van der Waals surface area contributed by atoms with Crippen molar-refractivity contribution < 1.29 is 14.4 Å². The zero-order valence-corrected chi connectivity index (χ0v) is 12.1. The van der Waals surface area contributed by atoms with Gasteiger partial charge in [-0.05, 0) is 17.7 Å². The number of nitrogens with zero attached hydrogens (tertiary/aromatic N) is 2. The quantitative estimate of drug-likeness (QED) is 0.732. The van der Waals surface area contributed by atoms with Gasteiger partial charge in [0, 0.05) is 18.6 Å². The SMILES string of the molecule is CN1C(=O)[C@H]2[C@@H](c3ccc(Br)cc3)N(C)O[C@H]2C1=O. The summed E-state index contributed by atoms with van der Waals surface area (Å²) < 4.78 is 0.973. The molecule has 5 nitrogen and oxygen atoms in total. The van der Waals surface area contributed by atoms with E-state index in [1.807, 2.05) is 24.3 Å². The lowest BCUT2D eigenvalue weighted by Crippen LogP contribution is -2.33. The highest BCUT2D eigenvalue weighted by molar-refractivity contribution is 9.10. The number of rotatable bonds is 1. The van der Waals surface area contributed by atoms with E-state index in [2.05, 4.69) is 15.9 Å². The van der Waals surface area contributed by atoms with Gasteiger partial charge in [-0.25, -0.2) is 0 Å². The van der Waals surface area contributed by atoms with E-state index in [1.54, 1.807) is 12.1 Å². The van der Waals surface area contributed by atoms with Crippen LogP contribution in [-0.2, 0) is 14.4 Å². The number of fused-ring (bicyclic) bond motifs is 1. The molecule has 0 saturated carbocycles. The summed E-state index contributed by atoms with van der Waals surface area (Å²) in [7, 11) is 3.26. The monoisotopic (exact) mass is 324 g/mol. The predicted molar refractivity (Wildman–Crippen MR) is 70.8 cm³/mol. The molecule has 3 rings (SSSR count). The Labute approximate surface area is 119 Å². The highest BCUT2D eigenvalue weighted by Gasteiger charge is 2.57. The Morgan fingerprint density at radius 3 is 2.37 bits per heavy atom. The fourth-order valence-electron chi connectivity index (χ4n) is 2.77. The third kappa shape index (κ3) is 1.82. The summed E-state index contributed by atoms with van der Waals surface area (Å²) >= 11 is 3.38. The molecule has 0 N–H and O–H groups in total. The molecule has 2 aliphatic rings. The molecule has 6 heteroatoms. The highest BCUT2D eigenvalue weighted by Crippen LogP contribution is 2.43. The fraction of sp³-hybridized carbons (Fsp3) is 0.385. The van der Waals surface area contributed by atoms with Crippen LogP contribution in [0.15, 0.2) is 28.7 Å². The Hall–Kier alpha value is -1.24. The predicted octanol–water partition coefficient (Wildman–Crippen LogP) is 1.35. The van der Waals surface area contributed by atoms with Crippen LogP contribution in [0.3, 0.4) is 0 Å². The maximum atomic E-state index is 12.2. The van der Waals surface area contributed by atoms with Crippen LogP contribution in [0.4, 0.5) is 0 Å². The number of amides is 2. The lowest BCUT2D eigenvalue weighted by molar-refractivity contribution is -0.168. The van der Waals surface area contributed by atoms with E-state index in [-0.39, 0.29) is 17.9 Å². The summed E-state index contributed by atoms with van der Waals surface area (Å²) in [5, 5.41) is 1.61. The number of hydroxylamine groups is 2. The van der Waals surface area contributed by atoms with Gasteiger partial charge in [0.15, 0.2) is 6.10 Å². The van der Waals surface area contributed by atoms with Crippen LogP contribution in [0.1, 0.15) is 11.6 Å². The van der Waals surface area contributed by atoms with Gasteiger partial charge in [0.25, 0.3) is 5.91 Å². The Balaban J connectivity index is 2.00. The summed E-state index contributed by atoms with van der Waals surface area (Å²) in [5.41, 5.74) is 0.967. The topological polar surface area (TPSA) is 49.9 Å². The Bertz CT molecular complexity index is 545. The van der Waals surface area contributed by atoms with Crippen molar-refractivity contribution in [3.05, 3.63) is 34.3 Å². The second-order valence-corrected chi connectivity index (χ2v) is 5.75. The van der Waals surface area contributed by atoms with E-state index in [0.717, 1.165) is 14.9 Å². The van der Waals surface area contributed by atoms with Crippen molar-refractivity contribution in [1.82, 2.24) is 9.96 Å². The van der Waals surface area contributed by atoms with Gasteiger partial charge in [0.05, 0.1) is 12.0 Å². The molecular weight excluding hydrogens is 312 g/mol. The molecule has 0 spiro atoms. The third-order valence-electron chi connectivity index (χ3n) is 3.74. The summed E-state index contributed by atoms with van der Waals surface area (Å²) in [5.74, 6) is -0.891. The van der Waals surface area contributed by atoms with Crippen molar-refractivity contribution in [2.24, 2.45) is 5.92 Å². The van der Waals surface area contributed by atoms with Crippen molar-refractivity contribution in [3.63, 3.8) is 0 Å². The summed E-state index contributed by atoms with van der Waals surface area (Å²) in [6.45, 7) is 0. The van der Waals surface area contributed by atoms with Crippen LogP contribution < -0.4 is 0 Å². The highest BCUT2D eigenvalue weighted by atomic mass is 79.9. The van der Waals surface area contributed by atoms with Gasteiger partial charge in [-0.3, -0.25) is 19.3 Å². The van der Waals surface area contributed by atoms with Gasteiger partial charge in [0.1, 0.15) is 0 Å². The minimum Gasteiger partial charge on any atom is -0.284 e. The molecule has 0 radical (unpaired) electrons. The molecule has 2 fully saturated rings. The molecule has 0 bridgehead atoms. The van der Waals surface area contributed by atoms with Gasteiger partial charge >= 0.3 is 0 Å². The van der Waals surface area contributed by atoms with E-state index in [4.69, 9.17) is 4.84 Å². The first-order chi connectivity index (χ1) is 9.00. The number of carbonyl (C=O) groups is 2. The van der Waals surface area contributed by atoms with Crippen molar-refractivity contribution >= 4 is 27.7 Å². The molecule has 2 saturated heterocycles. The molecule has 2 heterocycles. The first kappa shape index (κ1) is 12.8. The second-order valence-electron chi connectivity index (χ2n) is 4.83. The molecule has 3 atom stereocenters. The zero-order chi connectivity index (χ0) is 13.7. The van der Waals surface area contributed by atoms with Crippen LogP contribution in [0.25, 0.3) is 0 Å². The average Bonchev–Trinajstić information content (AvgIpc) is 2.83. The molecule has 0 aliphatic carbocycles. The average molecular weight is 325 g/mol. The van der Waals surface area contributed by atoms with Crippen LogP contribution in [-0.4, -0.2) is 42.0 Å². The molecule has 1 aromatic carbocycles. The molecule has 0 aromatic heterocycles. The lowest BCUT2D eigenvalue weighted by atomic mass is 9.91. The van der Waals surface area contributed by atoms with Gasteiger partial charge in [0.2, 0.25) is 5.91 Å². The van der Waals surface area contributed by atoms with Gasteiger partial charge < -0.3 is 0 Å². The smallest absolute Gasteiger partial charge is 0.261 e. The van der Waals surface area contributed by atoms with E-state index >= 15 is 0 Å². The molecule has 2 aliphatic heterocycles. The Kier molecular flexibility index (Phi) is 2.96. The standard InChI is InChI=1S/C13H13BrN2O3/c1-15-12(17)9-10(7-3-5-8(14)6-4-7)16(2)19-11(9)13(15)18/h3-6,9-11H,1-2H3/t9-,10+,11+/m0/s1. The third-order valence-corrected chi connectivity index (χ3v) is 4.27. The molecule has 100 valence electrons. The molecule has 0 unspecified atom stereocenters. The summed E-state index contributed by atoms with van der Waals surface area (Å²) in [4.78, 5) is 30.8. The van der Waals surface area contributed by atoms with Gasteiger partial charge in [-0.1, -0.05) is 28.1 Å². The van der Waals surface area contributed by atoms with E-state index in [0.29, 0.717) is 0 Å². The Morgan fingerprint density at radius 2 is 1.74 bits per heavy atom. The Morgan fingerprint density at radius 1 is 1.11 bits per heavy atom. The van der Waals surface area contributed by atoms with Crippen LogP contribution in [0, 0.1) is 5.92 Å². The number of imide groups is 1. The summed E-state index contributed by atoms with van der Waals surface area (Å²) in [6, 6.07) is 7.49. The fourth-order valence-corrected chi connectivity index (χ4v) is 3.03. The van der Waals surface area contributed by atoms with Crippen LogP contribution in [0.5, 0.6) is 0 Å². The zero-order valence-electron chi connectivity index (χ0n) is 10.5. The first-order valence-electron chi connectivity index (χ1n) is 5.97. The molecular formula is C13H13BrN2O3. The van der Waals surface area contributed by atoms with Gasteiger partial charge in [-0.2, -0.15) is 5.06 Å².